The lowest BCUT2D eigenvalue weighted by Gasteiger charge is -2.34. The summed E-state index contributed by atoms with van der Waals surface area (Å²) in [6.45, 7) is 0.676. The van der Waals surface area contributed by atoms with Crippen LogP contribution in [0.5, 0.6) is 0 Å². The molecule has 0 atom stereocenters. The van der Waals surface area contributed by atoms with Crippen LogP contribution in [0, 0.1) is 0 Å². The number of nitrogens with one attached hydrogen (secondary N) is 1. The van der Waals surface area contributed by atoms with E-state index >= 15 is 0 Å². The van der Waals surface area contributed by atoms with Gasteiger partial charge in [0.05, 0.1) is 17.1 Å². The predicted octanol–water partition coefficient (Wildman–Crippen LogP) is 1.21. The second-order valence-electron chi connectivity index (χ2n) is 7.94. The average molecular weight is 400 g/mol. The second kappa shape index (κ2) is 8.12. The Morgan fingerprint density at radius 2 is 1.86 bits per heavy atom. The zero-order valence-electron chi connectivity index (χ0n) is 17.0. The minimum Gasteiger partial charge on any atom is -0.378 e. The molecular weight excluding hydrogens is 372 g/mol. The largest absolute Gasteiger partial charge is 0.378 e. The molecule has 0 unspecified atom stereocenters. The number of ether oxygens (including phenoxy) is 1. The van der Waals surface area contributed by atoms with Gasteiger partial charge in [-0.15, -0.1) is 0 Å². The van der Waals surface area contributed by atoms with E-state index in [9.17, 15) is 14.4 Å². The van der Waals surface area contributed by atoms with Gasteiger partial charge in [0.25, 0.3) is 0 Å². The Morgan fingerprint density at radius 3 is 2.55 bits per heavy atom. The first-order valence-corrected chi connectivity index (χ1v) is 10.4. The van der Waals surface area contributed by atoms with Crippen molar-refractivity contribution < 1.29 is 14.3 Å². The Labute approximate surface area is 169 Å². The van der Waals surface area contributed by atoms with Gasteiger partial charge in [0, 0.05) is 32.5 Å². The molecule has 29 heavy (non-hydrogen) atoms. The van der Waals surface area contributed by atoms with E-state index in [1.54, 1.807) is 13.1 Å². The van der Waals surface area contributed by atoms with Crippen molar-refractivity contribution >= 4 is 22.8 Å². The topological polar surface area (TPSA) is 85.6 Å². The van der Waals surface area contributed by atoms with Crippen LogP contribution < -0.4 is 16.0 Å². The van der Waals surface area contributed by atoms with Gasteiger partial charge in [-0.05, 0) is 50.8 Å². The molecule has 2 fully saturated rings. The van der Waals surface area contributed by atoms with E-state index in [1.807, 2.05) is 19.2 Å². The van der Waals surface area contributed by atoms with Crippen LogP contribution in [0.25, 0.3) is 11.0 Å². The molecule has 0 spiro atoms. The van der Waals surface area contributed by atoms with Crippen molar-refractivity contribution in [2.75, 3.05) is 18.7 Å². The fourth-order valence-corrected chi connectivity index (χ4v) is 4.29. The average Bonchev–Trinajstić information content (AvgIpc) is 2.92. The van der Waals surface area contributed by atoms with Crippen LogP contribution in [-0.2, 0) is 27.8 Å². The van der Waals surface area contributed by atoms with E-state index in [-0.39, 0.29) is 30.3 Å². The third kappa shape index (κ3) is 3.62. The minimum absolute atomic E-state index is 0.279. The lowest BCUT2D eigenvalue weighted by atomic mass is 9.89. The van der Waals surface area contributed by atoms with Gasteiger partial charge in [0.1, 0.15) is 0 Å². The van der Waals surface area contributed by atoms with Gasteiger partial charge in [-0.2, -0.15) is 9.69 Å². The number of carbonyl (C=O) groups excluding carboxylic acids is 2. The summed E-state index contributed by atoms with van der Waals surface area (Å²) in [7, 11) is 3.66. The number of rotatable bonds is 7. The first kappa shape index (κ1) is 19.8. The van der Waals surface area contributed by atoms with E-state index in [0.29, 0.717) is 30.7 Å². The lowest BCUT2D eigenvalue weighted by molar-refractivity contribution is -0.131. The number of imidazole rings is 1. The number of benzene rings is 1. The molecule has 8 nitrogen and oxygen atoms in total. The van der Waals surface area contributed by atoms with Crippen LogP contribution in [-0.4, -0.2) is 46.9 Å². The van der Waals surface area contributed by atoms with Crippen molar-refractivity contribution in [3.05, 3.63) is 34.2 Å². The third-order valence-electron chi connectivity index (χ3n) is 6.03. The summed E-state index contributed by atoms with van der Waals surface area (Å²) in [5.41, 5.74) is 2.00. The summed E-state index contributed by atoms with van der Waals surface area (Å²) in [4.78, 5) is 37.6. The Hall–Kier alpha value is -2.45. The summed E-state index contributed by atoms with van der Waals surface area (Å²) in [6, 6.07) is 6.23. The van der Waals surface area contributed by atoms with E-state index in [0.717, 1.165) is 41.8 Å². The van der Waals surface area contributed by atoms with Crippen LogP contribution in [0.4, 0.5) is 0 Å². The van der Waals surface area contributed by atoms with Crippen molar-refractivity contribution in [2.45, 2.75) is 57.1 Å². The van der Waals surface area contributed by atoms with Crippen molar-refractivity contribution in [1.82, 2.24) is 14.6 Å². The van der Waals surface area contributed by atoms with Crippen LogP contribution >= 0.6 is 0 Å². The van der Waals surface area contributed by atoms with Gasteiger partial charge in [-0.1, -0.05) is 12.1 Å². The molecule has 1 aromatic heterocycles. The van der Waals surface area contributed by atoms with E-state index in [1.165, 1.54) is 9.24 Å². The fraction of sp³-hybridized carbons (Fsp3) is 0.571. The quantitative estimate of drug-likeness (QED) is 0.558. The summed E-state index contributed by atoms with van der Waals surface area (Å²) in [5, 5.41) is 4.27. The van der Waals surface area contributed by atoms with Gasteiger partial charge >= 0.3 is 5.69 Å². The molecule has 1 aliphatic heterocycles. The number of para-hydroxylation sites is 1. The van der Waals surface area contributed by atoms with Crippen molar-refractivity contribution in [1.29, 1.82) is 0 Å². The molecule has 1 saturated heterocycles. The number of piperidine rings is 1. The van der Waals surface area contributed by atoms with E-state index in [4.69, 9.17) is 4.74 Å². The lowest BCUT2D eigenvalue weighted by Crippen LogP contribution is -2.52. The standard InChI is InChI=1S/C21H28N4O4/c1-22-15-12-16(13-15)29-11-5-7-14-6-3-8-17-20(14)23(2)21(28)24(17)25-18(26)9-4-10-19(25)27/h3,6,8,15-16,22H,4-5,7,9-13H2,1-2H3. The zero-order valence-corrected chi connectivity index (χ0v) is 17.0. The number of imide groups is 1. The molecule has 1 N–H and O–H groups in total. The highest BCUT2D eigenvalue weighted by molar-refractivity contribution is 6.11. The van der Waals surface area contributed by atoms with Crippen molar-refractivity contribution in [2.24, 2.45) is 7.05 Å². The van der Waals surface area contributed by atoms with Gasteiger partial charge in [0.15, 0.2) is 0 Å². The van der Waals surface area contributed by atoms with Crippen molar-refractivity contribution in [3.63, 3.8) is 0 Å². The Morgan fingerprint density at radius 1 is 1.14 bits per heavy atom. The summed E-state index contributed by atoms with van der Waals surface area (Å²) in [6.07, 6.45) is 5.16. The second-order valence-corrected chi connectivity index (χ2v) is 7.94. The number of aryl methyl sites for hydroxylation is 2. The number of hydrogen-bond acceptors (Lipinski definition) is 5. The van der Waals surface area contributed by atoms with Crippen LogP contribution in [0.3, 0.4) is 0 Å². The maximum atomic E-state index is 12.9. The molecular formula is C21H28N4O4. The van der Waals surface area contributed by atoms with Crippen LogP contribution in [0.1, 0.15) is 44.1 Å². The van der Waals surface area contributed by atoms with Gasteiger partial charge in [0.2, 0.25) is 11.8 Å². The number of hydrogen-bond donors (Lipinski definition) is 1. The highest BCUT2D eigenvalue weighted by Gasteiger charge is 2.31. The molecule has 0 bridgehead atoms. The molecule has 1 saturated carbocycles. The minimum atomic E-state index is -0.375. The Bertz CT molecular complexity index is 970. The maximum Gasteiger partial charge on any atom is 0.348 e. The third-order valence-corrected chi connectivity index (χ3v) is 6.03. The van der Waals surface area contributed by atoms with Crippen LogP contribution in [0.2, 0.25) is 0 Å². The number of aromatic nitrogens is 2. The number of fused-ring (bicyclic) bond motifs is 1. The summed E-state index contributed by atoms with van der Waals surface area (Å²) < 4.78 is 8.69. The summed E-state index contributed by atoms with van der Waals surface area (Å²) >= 11 is 0. The van der Waals surface area contributed by atoms with Gasteiger partial charge in [-0.25, -0.2) is 4.79 Å². The smallest absolute Gasteiger partial charge is 0.348 e. The normalized spacial score (nSPS) is 22.3. The number of nitrogens with zero attached hydrogens (tertiary/aromatic N) is 3. The zero-order chi connectivity index (χ0) is 20.5. The molecule has 2 amide bonds. The molecule has 156 valence electrons. The van der Waals surface area contributed by atoms with E-state index in [2.05, 4.69) is 5.32 Å². The monoisotopic (exact) mass is 400 g/mol. The molecule has 0 radical (unpaired) electrons. The molecule has 4 rings (SSSR count). The predicted molar refractivity (Wildman–Crippen MR) is 109 cm³/mol. The molecule has 8 heteroatoms. The highest BCUT2D eigenvalue weighted by atomic mass is 16.5. The molecule has 2 aliphatic rings. The molecule has 1 aromatic carbocycles. The van der Waals surface area contributed by atoms with E-state index < -0.39 is 0 Å². The fourth-order valence-electron chi connectivity index (χ4n) is 4.29. The Kier molecular flexibility index (Phi) is 5.56. The van der Waals surface area contributed by atoms with Gasteiger partial charge < -0.3 is 10.1 Å². The molecule has 1 aliphatic carbocycles. The SMILES string of the molecule is CNC1CC(OCCCc2cccc3c2n(C)c(=O)n3N2C(=O)CCCC2=O)C1. The highest BCUT2D eigenvalue weighted by Crippen LogP contribution is 2.24. The number of carbonyl (C=O) groups is 2. The summed E-state index contributed by atoms with van der Waals surface area (Å²) in [5.74, 6) is -0.648. The maximum absolute atomic E-state index is 12.9. The first-order chi connectivity index (χ1) is 14.0. The van der Waals surface area contributed by atoms with Gasteiger partial charge in [-0.3, -0.25) is 14.2 Å². The molecule has 2 aromatic rings. The van der Waals surface area contributed by atoms with Crippen molar-refractivity contribution in [3.8, 4) is 0 Å². The van der Waals surface area contributed by atoms with Crippen LogP contribution in [0.15, 0.2) is 23.0 Å². The first-order valence-electron chi connectivity index (χ1n) is 10.4. The number of amides is 2. The molecule has 2 heterocycles. The Balaban J connectivity index is 1.53.